The predicted molar refractivity (Wildman–Crippen MR) is 98.4 cm³/mol. The first-order valence-corrected chi connectivity index (χ1v) is 8.72. The number of methoxy groups -OCH3 is 1. The zero-order valence-electron chi connectivity index (χ0n) is 15.5. The topological polar surface area (TPSA) is 38.2 Å². The Labute approximate surface area is 145 Å². The minimum Gasteiger partial charge on any atom is -0.497 e. The van der Waals surface area contributed by atoms with Crippen LogP contribution in [0.5, 0.6) is 5.75 Å². The summed E-state index contributed by atoms with van der Waals surface area (Å²) in [5, 5.41) is 0. The lowest BCUT2D eigenvalue weighted by atomic mass is 10.1. The molecule has 4 nitrogen and oxygen atoms in total. The zero-order valence-corrected chi connectivity index (χ0v) is 15.5. The lowest BCUT2D eigenvalue weighted by Crippen LogP contribution is -2.34. The van der Waals surface area contributed by atoms with E-state index in [9.17, 15) is 0 Å². The van der Waals surface area contributed by atoms with E-state index in [1.165, 1.54) is 5.56 Å². The van der Waals surface area contributed by atoms with Gasteiger partial charge < -0.3 is 4.74 Å². The molecule has 0 amide bonds. The molecule has 0 spiro atoms. The summed E-state index contributed by atoms with van der Waals surface area (Å²) in [7, 11) is 1.70. The van der Waals surface area contributed by atoms with Crippen molar-refractivity contribution < 1.29 is 4.74 Å². The van der Waals surface area contributed by atoms with E-state index in [1.54, 1.807) is 7.11 Å². The SMILES string of the molecule is CCN(Cc1ccnc(C(C)C)n1)[C@H](C)Cc1ccc(OC)cc1. The first kappa shape index (κ1) is 18.4. The highest BCUT2D eigenvalue weighted by molar-refractivity contribution is 5.27. The standard InChI is InChI=1S/C20H29N3O/c1-6-23(14-18-11-12-21-20(22-18)15(2)3)16(4)13-17-7-9-19(24-5)10-8-17/h7-12,15-16H,6,13-14H2,1-5H3/t16-/m1/s1. The van der Waals surface area contributed by atoms with Gasteiger partial charge in [-0.3, -0.25) is 4.90 Å². The molecule has 2 aromatic rings. The second kappa shape index (κ2) is 8.78. The van der Waals surface area contributed by atoms with Crippen molar-refractivity contribution in [1.29, 1.82) is 0 Å². The molecule has 4 heteroatoms. The van der Waals surface area contributed by atoms with Crippen LogP contribution in [-0.2, 0) is 13.0 Å². The summed E-state index contributed by atoms with van der Waals surface area (Å²) in [6, 6.07) is 10.8. The third-order valence-corrected chi connectivity index (χ3v) is 4.33. The van der Waals surface area contributed by atoms with Gasteiger partial charge in [-0.1, -0.05) is 32.9 Å². The Morgan fingerprint density at radius 3 is 2.38 bits per heavy atom. The van der Waals surface area contributed by atoms with E-state index >= 15 is 0 Å². The zero-order chi connectivity index (χ0) is 17.5. The van der Waals surface area contributed by atoms with E-state index in [1.807, 2.05) is 24.4 Å². The summed E-state index contributed by atoms with van der Waals surface area (Å²) in [6.45, 7) is 10.6. The first-order chi connectivity index (χ1) is 11.5. The van der Waals surface area contributed by atoms with Crippen molar-refractivity contribution in [2.45, 2.75) is 52.6 Å². The van der Waals surface area contributed by atoms with Gasteiger partial charge in [-0.2, -0.15) is 0 Å². The number of aromatic nitrogens is 2. The predicted octanol–water partition coefficient (Wildman–Crippen LogP) is 4.06. The molecule has 0 radical (unpaired) electrons. The molecule has 0 fully saturated rings. The van der Waals surface area contributed by atoms with Crippen LogP contribution in [0.4, 0.5) is 0 Å². The summed E-state index contributed by atoms with van der Waals surface area (Å²) in [4.78, 5) is 11.5. The van der Waals surface area contributed by atoms with Crippen LogP contribution in [0.3, 0.4) is 0 Å². The summed E-state index contributed by atoms with van der Waals surface area (Å²) >= 11 is 0. The Morgan fingerprint density at radius 2 is 1.79 bits per heavy atom. The van der Waals surface area contributed by atoms with Crippen molar-refractivity contribution in [1.82, 2.24) is 14.9 Å². The average Bonchev–Trinajstić information content (AvgIpc) is 2.60. The van der Waals surface area contributed by atoms with Gasteiger partial charge >= 0.3 is 0 Å². The molecule has 0 aliphatic heterocycles. The quantitative estimate of drug-likeness (QED) is 0.733. The van der Waals surface area contributed by atoms with Crippen molar-refractivity contribution in [3.8, 4) is 5.75 Å². The number of hydrogen-bond acceptors (Lipinski definition) is 4. The van der Waals surface area contributed by atoms with Crippen molar-refractivity contribution >= 4 is 0 Å². The molecule has 1 atom stereocenters. The second-order valence-electron chi connectivity index (χ2n) is 6.53. The third kappa shape index (κ3) is 5.03. The van der Waals surface area contributed by atoms with Gasteiger partial charge in [0, 0.05) is 24.7 Å². The number of benzene rings is 1. The van der Waals surface area contributed by atoms with E-state index in [2.05, 4.69) is 49.7 Å². The Balaban J connectivity index is 2.02. The molecule has 1 aromatic heterocycles. The summed E-state index contributed by atoms with van der Waals surface area (Å²) < 4.78 is 5.23. The molecule has 2 rings (SSSR count). The molecule has 130 valence electrons. The Hall–Kier alpha value is -1.94. The van der Waals surface area contributed by atoms with Gasteiger partial charge in [-0.05, 0) is 43.7 Å². The van der Waals surface area contributed by atoms with Crippen molar-refractivity contribution in [2.75, 3.05) is 13.7 Å². The van der Waals surface area contributed by atoms with Crippen molar-refractivity contribution in [3.05, 3.63) is 53.6 Å². The minimum absolute atomic E-state index is 0.358. The smallest absolute Gasteiger partial charge is 0.131 e. The van der Waals surface area contributed by atoms with Crippen LogP contribution in [0.15, 0.2) is 36.5 Å². The van der Waals surface area contributed by atoms with E-state index in [0.717, 1.165) is 36.8 Å². The van der Waals surface area contributed by atoms with Crippen LogP contribution in [0.1, 0.15) is 50.7 Å². The largest absolute Gasteiger partial charge is 0.497 e. The molecule has 1 heterocycles. The molecule has 0 N–H and O–H groups in total. The highest BCUT2D eigenvalue weighted by Crippen LogP contribution is 2.16. The molecule has 0 bridgehead atoms. The Kier molecular flexibility index (Phi) is 6.73. The van der Waals surface area contributed by atoms with Gasteiger partial charge in [0.25, 0.3) is 0 Å². The maximum Gasteiger partial charge on any atom is 0.131 e. The van der Waals surface area contributed by atoms with E-state index < -0.39 is 0 Å². The van der Waals surface area contributed by atoms with Gasteiger partial charge in [0.05, 0.1) is 12.8 Å². The van der Waals surface area contributed by atoms with E-state index in [4.69, 9.17) is 9.72 Å². The Bertz CT molecular complexity index is 625. The lowest BCUT2D eigenvalue weighted by Gasteiger charge is -2.28. The highest BCUT2D eigenvalue weighted by atomic mass is 16.5. The maximum atomic E-state index is 5.23. The van der Waals surface area contributed by atoms with Crippen molar-refractivity contribution in [2.24, 2.45) is 0 Å². The summed E-state index contributed by atoms with van der Waals surface area (Å²) in [5.74, 6) is 2.18. The van der Waals surface area contributed by atoms with Crippen LogP contribution in [0, 0.1) is 0 Å². The molecule has 24 heavy (non-hydrogen) atoms. The second-order valence-corrected chi connectivity index (χ2v) is 6.53. The molecular weight excluding hydrogens is 298 g/mol. The molecule has 0 saturated heterocycles. The fraction of sp³-hybridized carbons (Fsp3) is 0.500. The average molecular weight is 327 g/mol. The highest BCUT2D eigenvalue weighted by Gasteiger charge is 2.15. The number of nitrogens with zero attached hydrogens (tertiary/aromatic N) is 3. The Morgan fingerprint density at radius 1 is 1.08 bits per heavy atom. The van der Waals surface area contributed by atoms with Crippen LogP contribution in [0.25, 0.3) is 0 Å². The van der Waals surface area contributed by atoms with Gasteiger partial charge in [0.15, 0.2) is 0 Å². The fourth-order valence-electron chi connectivity index (χ4n) is 2.80. The summed E-state index contributed by atoms with van der Waals surface area (Å²) in [6.07, 6.45) is 2.89. The monoisotopic (exact) mass is 327 g/mol. The molecular formula is C20H29N3O. The minimum atomic E-state index is 0.358. The lowest BCUT2D eigenvalue weighted by molar-refractivity contribution is 0.207. The number of likely N-dealkylation sites (N-methyl/N-ethyl adjacent to an activating group) is 1. The first-order valence-electron chi connectivity index (χ1n) is 8.72. The van der Waals surface area contributed by atoms with Crippen molar-refractivity contribution in [3.63, 3.8) is 0 Å². The van der Waals surface area contributed by atoms with Gasteiger partial charge in [0.1, 0.15) is 11.6 Å². The molecule has 1 aromatic carbocycles. The van der Waals surface area contributed by atoms with Crippen LogP contribution >= 0.6 is 0 Å². The van der Waals surface area contributed by atoms with Gasteiger partial charge in [-0.15, -0.1) is 0 Å². The summed E-state index contributed by atoms with van der Waals surface area (Å²) in [5.41, 5.74) is 2.42. The number of hydrogen-bond donors (Lipinski definition) is 0. The van der Waals surface area contributed by atoms with Gasteiger partial charge in [0.2, 0.25) is 0 Å². The number of ether oxygens (including phenoxy) is 1. The third-order valence-electron chi connectivity index (χ3n) is 4.33. The van der Waals surface area contributed by atoms with Gasteiger partial charge in [-0.25, -0.2) is 9.97 Å². The molecule has 0 aliphatic rings. The van der Waals surface area contributed by atoms with E-state index in [0.29, 0.717) is 12.0 Å². The molecule has 0 unspecified atom stereocenters. The van der Waals surface area contributed by atoms with Crippen LogP contribution in [0.2, 0.25) is 0 Å². The normalized spacial score (nSPS) is 12.6. The van der Waals surface area contributed by atoms with Crippen LogP contribution < -0.4 is 4.74 Å². The van der Waals surface area contributed by atoms with Crippen LogP contribution in [-0.4, -0.2) is 34.6 Å². The maximum absolute atomic E-state index is 5.23. The van der Waals surface area contributed by atoms with E-state index in [-0.39, 0.29) is 0 Å². The number of rotatable bonds is 8. The fourth-order valence-corrected chi connectivity index (χ4v) is 2.80. The molecule has 0 aliphatic carbocycles. The molecule has 0 saturated carbocycles.